The van der Waals surface area contributed by atoms with Gasteiger partial charge < -0.3 is 5.11 Å². The predicted molar refractivity (Wildman–Crippen MR) is 69.8 cm³/mol. The largest absolute Gasteiger partial charge is 0.383 e. The van der Waals surface area contributed by atoms with Crippen molar-refractivity contribution in [1.29, 1.82) is 0 Å². The molecule has 16 heavy (non-hydrogen) atoms. The molecule has 2 nitrogen and oxygen atoms in total. The van der Waals surface area contributed by atoms with Gasteiger partial charge in [-0.2, -0.15) is 0 Å². The van der Waals surface area contributed by atoms with E-state index in [2.05, 4.69) is 20.9 Å². The van der Waals surface area contributed by atoms with Crippen LogP contribution in [0.1, 0.15) is 27.8 Å². The number of pyridine rings is 1. The summed E-state index contributed by atoms with van der Waals surface area (Å²) in [6.45, 7) is 3.95. The van der Waals surface area contributed by atoms with Gasteiger partial charge in [-0.1, -0.05) is 6.07 Å². The van der Waals surface area contributed by atoms with Gasteiger partial charge >= 0.3 is 0 Å². The highest BCUT2D eigenvalue weighted by atomic mass is 79.9. The Balaban J connectivity index is 2.31. The summed E-state index contributed by atoms with van der Waals surface area (Å²) in [5.74, 6) is 0. The summed E-state index contributed by atoms with van der Waals surface area (Å²) in [6, 6.07) is 5.82. The summed E-state index contributed by atoms with van der Waals surface area (Å²) < 4.78 is 1.07. The van der Waals surface area contributed by atoms with E-state index in [1.54, 1.807) is 17.5 Å². The maximum atomic E-state index is 10.2. The average molecular weight is 298 g/mol. The molecule has 0 aliphatic rings. The molecule has 0 fully saturated rings. The van der Waals surface area contributed by atoms with Crippen LogP contribution in [0.5, 0.6) is 0 Å². The number of aryl methyl sites for hydroxylation is 2. The second-order valence-electron chi connectivity index (χ2n) is 3.74. The molecular formula is C12H12BrNOS. The number of rotatable bonds is 2. The summed E-state index contributed by atoms with van der Waals surface area (Å²) in [6.07, 6.45) is 1.14. The van der Waals surface area contributed by atoms with Crippen molar-refractivity contribution in [2.45, 2.75) is 20.0 Å². The lowest BCUT2D eigenvalue weighted by Crippen LogP contribution is -1.98. The van der Waals surface area contributed by atoms with E-state index >= 15 is 0 Å². The van der Waals surface area contributed by atoms with Crippen LogP contribution in [-0.2, 0) is 0 Å². The van der Waals surface area contributed by atoms with Crippen molar-refractivity contribution < 1.29 is 5.11 Å². The molecule has 0 radical (unpaired) electrons. The van der Waals surface area contributed by atoms with Crippen LogP contribution >= 0.6 is 27.3 Å². The zero-order valence-electron chi connectivity index (χ0n) is 9.07. The molecule has 0 bridgehead atoms. The molecule has 4 heteroatoms. The molecule has 0 aliphatic heterocycles. The lowest BCUT2D eigenvalue weighted by molar-refractivity contribution is 0.223. The van der Waals surface area contributed by atoms with Gasteiger partial charge in [0.1, 0.15) is 6.10 Å². The number of nitrogens with zero attached hydrogens (tertiary/aromatic N) is 1. The van der Waals surface area contributed by atoms with Gasteiger partial charge in [-0.25, -0.2) is 0 Å². The van der Waals surface area contributed by atoms with Crippen molar-refractivity contribution in [3.63, 3.8) is 0 Å². The quantitative estimate of drug-likeness (QED) is 0.919. The molecule has 1 unspecified atom stereocenters. The van der Waals surface area contributed by atoms with Crippen molar-refractivity contribution in [1.82, 2.24) is 4.98 Å². The van der Waals surface area contributed by atoms with Gasteiger partial charge in [0, 0.05) is 22.3 Å². The van der Waals surface area contributed by atoms with Gasteiger partial charge in [-0.15, -0.1) is 11.3 Å². The highest BCUT2D eigenvalue weighted by Gasteiger charge is 2.14. The Morgan fingerprint density at radius 2 is 2.12 bits per heavy atom. The molecule has 1 atom stereocenters. The number of aliphatic hydroxyl groups excluding tert-OH is 1. The predicted octanol–water partition coefficient (Wildman–Crippen LogP) is 3.60. The Morgan fingerprint density at radius 1 is 1.38 bits per heavy atom. The standard InChI is InChI=1S/C12H12BrNOS/c1-7-5-10(16-12(7)13)11(15)9-4-3-8(2)14-6-9/h3-6,11,15H,1-2H3. The van der Waals surface area contributed by atoms with Gasteiger partial charge in [0.15, 0.2) is 0 Å². The Bertz CT molecular complexity index is 473. The topological polar surface area (TPSA) is 33.1 Å². The Labute approximate surface area is 107 Å². The van der Waals surface area contributed by atoms with Crippen molar-refractivity contribution in [3.05, 3.63) is 49.9 Å². The van der Waals surface area contributed by atoms with E-state index in [1.807, 2.05) is 32.0 Å². The Hall–Kier alpha value is -0.710. The molecule has 0 saturated heterocycles. The fraction of sp³-hybridized carbons (Fsp3) is 0.250. The fourth-order valence-corrected chi connectivity index (χ4v) is 3.01. The van der Waals surface area contributed by atoms with Gasteiger partial charge in [-0.05, 0) is 47.5 Å². The van der Waals surface area contributed by atoms with Gasteiger partial charge in [0.2, 0.25) is 0 Å². The number of halogens is 1. The van der Waals surface area contributed by atoms with Crippen LogP contribution in [0, 0.1) is 13.8 Å². The first-order valence-corrected chi connectivity index (χ1v) is 6.55. The normalized spacial score (nSPS) is 12.8. The number of thiophene rings is 1. The molecule has 0 aliphatic carbocycles. The zero-order chi connectivity index (χ0) is 11.7. The number of hydrogen-bond donors (Lipinski definition) is 1. The van der Waals surface area contributed by atoms with E-state index in [0.717, 1.165) is 25.5 Å². The first-order chi connectivity index (χ1) is 7.58. The van der Waals surface area contributed by atoms with E-state index in [4.69, 9.17) is 0 Å². The highest BCUT2D eigenvalue weighted by molar-refractivity contribution is 9.11. The molecule has 84 valence electrons. The SMILES string of the molecule is Cc1ccc(C(O)c2cc(C)c(Br)s2)cn1. The van der Waals surface area contributed by atoms with Gasteiger partial charge in [0.05, 0.1) is 3.79 Å². The van der Waals surface area contributed by atoms with Crippen molar-refractivity contribution in [3.8, 4) is 0 Å². The summed E-state index contributed by atoms with van der Waals surface area (Å²) in [5, 5.41) is 10.2. The molecule has 2 rings (SSSR count). The number of hydrogen-bond acceptors (Lipinski definition) is 3. The lowest BCUT2D eigenvalue weighted by Gasteiger charge is -2.08. The molecular weight excluding hydrogens is 286 g/mol. The number of aliphatic hydroxyl groups is 1. The molecule has 0 saturated carbocycles. The van der Waals surface area contributed by atoms with E-state index in [0.29, 0.717) is 0 Å². The molecule has 1 N–H and O–H groups in total. The summed E-state index contributed by atoms with van der Waals surface area (Å²) in [5.41, 5.74) is 2.94. The second kappa shape index (κ2) is 4.65. The van der Waals surface area contributed by atoms with Crippen LogP contribution in [0.2, 0.25) is 0 Å². The van der Waals surface area contributed by atoms with E-state index < -0.39 is 6.10 Å². The highest BCUT2D eigenvalue weighted by Crippen LogP contribution is 2.33. The van der Waals surface area contributed by atoms with E-state index in [9.17, 15) is 5.11 Å². The molecule has 2 aromatic heterocycles. The first kappa shape index (κ1) is 11.8. The third-order valence-corrected chi connectivity index (χ3v) is 4.58. The third kappa shape index (κ3) is 2.34. The molecule has 2 aromatic rings. The molecule has 0 aromatic carbocycles. The smallest absolute Gasteiger partial charge is 0.115 e. The minimum atomic E-state index is -0.580. The minimum absolute atomic E-state index is 0.580. The van der Waals surface area contributed by atoms with Crippen LogP contribution in [0.15, 0.2) is 28.2 Å². The molecule has 0 amide bonds. The molecule has 2 heterocycles. The van der Waals surface area contributed by atoms with Crippen LogP contribution in [0.3, 0.4) is 0 Å². The maximum absolute atomic E-state index is 10.2. The second-order valence-corrected chi connectivity index (χ2v) is 6.14. The van der Waals surface area contributed by atoms with Crippen molar-refractivity contribution in [2.24, 2.45) is 0 Å². The van der Waals surface area contributed by atoms with Crippen LogP contribution in [0.25, 0.3) is 0 Å². The average Bonchev–Trinajstić information content (AvgIpc) is 2.59. The van der Waals surface area contributed by atoms with E-state index in [-0.39, 0.29) is 0 Å². The third-order valence-electron chi connectivity index (χ3n) is 2.40. The minimum Gasteiger partial charge on any atom is -0.383 e. The van der Waals surface area contributed by atoms with Gasteiger partial charge in [-0.3, -0.25) is 4.98 Å². The zero-order valence-corrected chi connectivity index (χ0v) is 11.5. The monoisotopic (exact) mass is 297 g/mol. The van der Waals surface area contributed by atoms with Gasteiger partial charge in [0.25, 0.3) is 0 Å². The van der Waals surface area contributed by atoms with Crippen LogP contribution < -0.4 is 0 Å². The summed E-state index contributed by atoms with van der Waals surface area (Å²) >= 11 is 5.02. The fourth-order valence-electron chi connectivity index (χ4n) is 1.42. The summed E-state index contributed by atoms with van der Waals surface area (Å²) in [4.78, 5) is 5.13. The maximum Gasteiger partial charge on any atom is 0.115 e. The van der Waals surface area contributed by atoms with Crippen molar-refractivity contribution in [2.75, 3.05) is 0 Å². The molecule has 0 spiro atoms. The Kier molecular flexibility index (Phi) is 3.42. The van der Waals surface area contributed by atoms with Crippen molar-refractivity contribution >= 4 is 27.3 Å². The summed E-state index contributed by atoms with van der Waals surface area (Å²) in [7, 11) is 0. The van der Waals surface area contributed by atoms with E-state index in [1.165, 1.54) is 0 Å². The Morgan fingerprint density at radius 3 is 2.62 bits per heavy atom. The first-order valence-electron chi connectivity index (χ1n) is 4.94. The van der Waals surface area contributed by atoms with Crippen LogP contribution in [0.4, 0.5) is 0 Å². The van der Waals surface area contributed by atoms with Crippen LogP contribution in [-0.4, -0.2) is 10.1 Å². The number of aromatic nitrogens is 1. The lowest BCUT2D eigenvalue weighted by atomic mass is 10.1.